The molecule has 2 heteroatoms. The molecular weight excluding hydrogens is 225 g/mol. The molecule has 0 aliphatic rings. The van der Waals surface area contributed by atoms with Crippen LogP contribution in [0, 0.1) is 5.92 Å². The second-order valence-electron chi connectivity index (χ2n) is 2.84. The quantitative estimate of drug-likeness (QED) is 0.589. The lowest BCUT2D eigenvalue weighted by Gasteiger charge is -2.13. The fourth-order valence-electron chi connectivity index (χ4n) is 0.857. The Balaban J connectivity index is 3.31. The highest BCUT2D eigenvalue weighted by Crippen LogP contribution is 2.07. The summed E-state index contributed by atoms with van der Waals surface area (Å²) in [6.07, 6.45) is 2.53. The van der Waals surface area contributed by atoms with Gasteiger partial charge >= 0.3 is 0 Å². The second kappa shape index (κ2) is 5.47. The largest absolute Gasteiger partial charge is 0.258 e. The second-order valence-corrected chi connectivity index (χ2v) is 3.47. The number of hydrogen-bond acceptors (Lipinski definition) is 1. The van der Waals surface area contributed by atoms with E-state index in [0.29, 0.717) is 6.04 Å². The number of hydrogen-bond donors (Lipinski definition) is 1. The van der Waals surface area contributed by atoms with Crippen molar-refractivity contribution < 1.29 is 0 Å². The van der Waals surface area contributed by atoms with E-state index in [1.54, 1.807) is 0 Å². The molecule has 0 bridgehead atoms. The first kappa shape index (κ1) is 9.69. The summed E-state index contributed by atoms with van der Waals surface area (Å²) in [5.41, 5.74) is 0. The van der Waals surface area contributed by atoms with Crippen LogP contribution >= 0.6 is 22.9 Å². The maximum atomic E-state index is 3.25. The summed E-state index contributed by atoms with van der Waals surface area (Å²) in [4.78, 5) is 0. The fourth-order valence-corrected chi connectivity index (χ4v) is 1.55. The third kappa shape index (κ3) is 5.15. The lowest BCUT2D eigenvalue weighted by atomic mass is 10.0. The Morgan fingerprint density at radius 1 is 1.44 bits per heavy atom. The van der Waals surface area contributed by atoms with Crippen molar-refractivity contribution >= 4 is 22.9 Å². The smallest absolute Gasteiger partial charge is 0.0172 e. The predicted octanol–water partition coefficient (Wildman–Crippen LogP) is 2.75. The van der Waals surface area contributed by atoms with Crippen molar-refractivity contribution in [1.29, 1.82) is 0 Å². The lowest BCUT2D eigenvalue weighted by molar-refractivity contribution is 0.473. The van der Waals surface area contributed by atoms with Crippen LogP contribution in [0.15, 0.2) is 0 Å². The third-order valence-corrected chi connectivity index (χ3v) is 2.28. The normalized spacial score (nSPS) is 14.3. The van der Waals surface area contributed by atoms with Crippen LogP contribution in [0.2, 0.25) is 0 Å². The van der Waals surface area contributed by atoms with Gasteiger partial charge < -0.3 is 0 Å². The van der Waals surface area contributed by atoms with Gasteiger partial charge in [0.1, 0.15) is 0 Å². The molecule has 0 aromatic heterocycles. The van der Waals surface area contributed by atoms with Crippen LogP contribution in [-0.2, 0) is 0 Å². The summed E-state index contributed by atoms with van der Waals surface area (Å²) >= 11 is 2.23. The molecule has 9 heavy (non-hydrogen) atoms. The third-order valence-electron chi connectivity index (χ3n) is 1.40. The van der Waals surface area contributed by atoms with Crippen LogP contribution in [0.5, 0.6) is 0 Å². The first-order valence-electron chi connectivity index (χ1n) is 3.56. The van der Waals surface area contributed by atoms with Gasteiger partial charge in [-0.3, -0.25) is 3.53 Å². The molecule has 0 heterocycles. The average molecular weight is 241 g/mol. The highest BCUT2D eigenvalue weighted by atomic mass is 127. The molecule has 0 fully saturated rings. The molecule has 0 rings (SSSR count). The van der Waals surface area contributed by atoms with Crippen molar-refractivity contribution in [3.63, 3.8) is 0 Å². The van der Waals surface area contributed by atoms with Crippen molar-refractivity contribution in [2.24, 2.45) is 5.92 Å². The van der Waals surface area contributed by atoms with Gasteiger partial charge in [0.15, 0.2) is 0 Å². The molecule has 0 saturated carbocycles. The summed E-state index contributed by atoms with van der Waals surface area (Å²) < 4.78 is 3.25. The van der Waals surface area contributed by atoms with Crippen LogP contribution in [-0.4, -0.2) is 6.04 Å². The molecule has 0 aromatic carbocycles. The summed E-state index contributed by atoms with van der Waals surface area (Å²) in [6, 6.07) is 0.714. The Hall–Kier alpha value is 0.690. The van der Waals surface area contributed by atoms with E-state index in [0.717, 1.165) is 5.92 Å². The van der Waals surface area contributed by atoms with Crippen LogP contribution < -0.4 is 3.53 Å². The number of halogens is 1. The molecule has 56 valence electrons. The SMILES string of the molecule is CCC(CC(C)C)NI. The minimum absolute atomic E-state index is 0.714. The van der Waals surface area contributed by atoms with Gasteiger partial charge in [-0.2, -0.15) is 0 Å². The van der Waals surface area contributed by atoms with Gasteiger partial charge in [-0.05, 0) is 18.8 Å². The molecule has 0 amide bonds. The zero-order valence-corrected chi connectivity index (χ0v) is 8.60. The van der Waals surface area contributed by atoms with E-state index in [1.807, 2.05) is 0 Å². The van der Waals surface area contributed by atoms with Gasteiger partial charge in [-0.15, -0.1) is 0 Å². The first-order valence-corrected chi connectivity index (χ1v) is 4.64. The van der Waals surface area contributed by atoms with E-state index in [1.165, 1.54) is 12.8 Å². The molecule has 1 N–H and O–H groups in total. The molecule has 0 aliphatic carbocycles. The van der Waals surface area contributed by atoms with E-state index in [9.17, 15) is 0 Å². The molecule has 0 aromatic rings. The minimum Gasteiger partial charge on any atom is -0.258 e. The maximum absolute atomic E-state index is 3.25. The molecule has 0 saturated heterocycles. The molecule has 1 atom stereocenters. The van der Waals surface area contributed by atoms with Gasteiger partial charge in [-0.1, -0.05) is 20.8 Å². The highest BCUT2D eigenvalue weighted by Gasteiger charge is 2.04. The number of rotatable bonds is 4. The monoisotopic (exact) mass is 241 g/mol. The minimum atomic E-state index is 0.714. The Morgan fingerprint density at radius 2 is 2.00 bits per heavy atom. The molecular formula is C7H16IN. The molecule has 0 radical (unpaired) electrons. The van der Waals surface area contributed by atoms with Gasteiger partial charge in [0.25, 0.3) is 0 Å². The van der Waals surface area contributed by atoms with Gasteiger partial charge in [0.05, 0.1) is 0 Å². The summed E-state index contributed by atoms with van der Waals surface area (Å²) in [5.74, 6) is 0.817. The average Bonchev–Trinajstić information content (AvgIpc) is 1.82. The van der Waals surface area contributed by atoms with Crippen molar-refractivity contribution in [2.75, 3.05) is 0 Å². The van der Waals surface area contributed by atoms with Gasteiger partial charge in [0.2, 0.25) is 0 Å². The van der Waals surface area contributed by atoms with E-state index in [4.69, 9.17) is 0 Å². The lowest BCUT2D eigenvalue weighted by Crippen LogP contribution is -2.20. The van der Waals surface area contributed by atoms with Gasteiger partial charge in [0, 0.05) is 28.9 Å². The van der Waals surface area contributed by atoms with E-state index >= 15 is 0 Å². The zero-order chi connectivity index (χ0) is 7.28. The van der Waals surface area contributed by atoms with Crippen molar-refractivity contribution in [2.45, 2.75) is 39.7 Å². The van der Waals surface area contributed by atoms with E-state index in [2.05, 4.69) is 47.2 Å². The topological polar surface area (TPSA) is 12.0 Å². The van der Waals surface area contributed by atoms with Crippen molar-refractivity contribution in [1.82, 2.24) is 3.53 Å². The summed E-state index contributed by atoms with van der Waals surface area (Å²) in [7, 11) is 0. The molecule has 1 unspecified atom stereocenters. The summed E-state index contributed by atoms with van der Waals surface area (Å²) in [5, 5.41) is 0. The molecule has 0 aliphatic heterocycles. The molecule has 0 spiro atoms. The fraction of sp³-hybridized carbons (Fsp3) is 1.00. The van der Waals surface area contributed by atoms with Crippen LogP contribution in [0.1, 0.15) is 33.6 Å². The van der Waals surface area contributed by atoms with Crippen LogP contribution in [0.25, 0.3) is 0 Å². The Bertz CT molecular complexity index is 59.9. The Labute approximate surface area is 72.1 Å². The molecule has 1 nitrogen and oxygen atoms in total. The maximum Gasteiger partial charge on any atom is 0.0172 e. The van der Waals surface area contributed by atoms with E-state index in [-0.39, 0.29) is 0 Å². The van der Waals surface area contributed by atoms with Crippen LogP contribution in [0.4, 0.5) is 0 Å². The summed E-state index contributed by atoms with van der Waals surface area (Å²) in [6.45, 7) is 6.74. The Morgan fingerprint density at radius 3 is 2.11 bits per heavy atom. The standard InChI is InChI=1S/C7H16IN/c1-4-7(9-8)5-6(2)3/h6-7,9H,4-5H2,1-3H3. The predicted molar refractivity (Wildman–Crippen MR) is 50.7 cm³/mol. The zero-order valence-electron chi connectivity index (χ0n) is 6.45. The van der Waals surface area contributed by atoms with Crippen LogP contribution in [0.3, 0.4) is 0 Å². The Kier molecular flexibility index (Phi) is 5.89. The number of nitrogens with one attached hydrogen (secondary N) is 1. The first-order chi connectivity index (χ1) is 4.20. The van der Waals surface area contributed by atoms with E-state index < -0.39 is 0 Å². The van der Waals surface area contributed by atoms with Gasteiger partial charge in [-0.25, -0.2) is 0 Å². The van der Waals surface area contributed by atoms with Crippen molar-refractivity contribution in [3.8, 4) is 0 Å². The highest BCUT2D eigenvalue weighted by molar-refractivity contribution is 14.1. The van der Waals surface area contributed by atoms with Crippen molar-refractivity contribution in [3.05, 3.63) is 0 Å².